The molecule has 1 aliphatic carbocycles. The number of halogens is 4. The van der Waals surface area contributed by atoms with Gasteiger partial charge in [0.25, 0.3) is 0 Å². The highest BCUT2D eigenvalue weighted by molar-refractivity contribution is 5.79. The van der Waals surface area contributed by atoms with Crippen LogP contribution in [0, 0.1) is 23.3 Å². The van der Waals surface area contributed by atoms with Crippen LogP contribution in [-0.4, -0.2) is 6.61 Å². The molecule has 0 aromatic heterocycles. The Hall–Kier alpha value is -2.14. The van der Waals surface area contributed by atoms with E-state index >= 15 is 8.78 Å². The van der Waals surface area contributed by atoms with Crippen LogP contribution < -0.4 is 0 Å². The molecule has 1 heterocycles. The molecule has 2 aromatic rings. The van der Waals surface area contributed by atoms with E-state index in [-0.39, 0.29) is 28.7 Å². The Morgan fingerprint density at radius 2 is 1.55 bits per heavy atom. The Labute approximate surface area is 181 Å². The molecular weight excluding hydrogens is 404 g/mol. The van der Waals surface area contributed by atoms with E-state index in [1.165, 1.54) is 5.57 Å². The van der Waals surface area contributed by atoms with Gasteiger partial charge in [0.1, 0.15) is 0 Å². The molecule has 0 saturated carbocycles. The lowest BCUT2D eigenvalue weighted by atomic mass is 9.95. The second-order valence-corrected chi connectivity index (χ2v) is 8.61. The number of ether oxygens (including phenoxy) is 1. The Morgan fingerprint density at radius 1 is 0.839 bits per heavy atom. The van der Waals surface area contributed by atoms with Gasteiger partial charge in [-0.15, -0.1) is 0 Å². The third-order valence-corrected chi connectivity index (χ3v) is 6.37. The molecule has 1 atom stereocenters. The summed E-state index contributed by atoms with van der Waals surface area (Å²) in [6.45, 7) is 4.44. The first-order chi connectivity index (χ1) is 15.0. The largest absolute Gasteiger partial charge is 0.369 e. The van der Waals surface area contributed by atoms with Gasteiger partial charge < -0.3 is 4.74 Å². The summed E-state index contributed by atoms with van der Waals surface area (Å²) >= 11 is 0. The minimum atomic E-state index is -1.12. The normalized spacial score (nSPS) is 17.5. The minimum absolute atomic E-state index is 0.141. The minimum Gasteiger partial charge on any atom is -0.369 e. The molecule has 1 nitrogen and oxygen atoms in total. The van der Waals surface area contributed by atoms with E-state index in [4.69, 9.17) is 4.74 Å². The van der Waals surface area contributed by atoms with Gasteiger partial charge >= 0.3 is 0 Å². The molecule has 0 bridgehead atoms. The third kappa shape index (κ3) is 4.05. The molecule has 166 valence electrons. The molecule has 5 heteroatoms. The highest BCUT2D eigenvalue weighted by Crippen LogP contribution is 2.45. The SMILES string of the molecule is CCCCCC1=CCC(c2cc3c(c(F)c2F)-c2c(cc(CCC)c(F)c2F)C3)OC1. The lowest BCUT2D eigenvalue weighted by Crippen LogP contribution is -2.15. The van der Waals surface area contributed by atoms with Crippen LogP contribution in [0.3, 0.4) is 0 Å². The first-order valence-electron chi connectivity index (χ1n) is 11.3. The van der Waals surface area contributed by atoms with Crippen molar-refractivity contribution in [1.82, 2.24) is 0 Å². The van der Waals surface area contributed by atoms with Gasteiger partial charge in [-0.1, -0.05) is 45.3 Å². The fraction of sp³-hybridized carbons (Fsp3) is 0.462. The first kappa shape index (κ1) is 22.1. The number of benzene rings is 2. The number of hydrogen-bond donors (Lipinski definition) is 0. The number of aryl methyl sites for hydroxylation is 1. The van der Waals surface area contributed by atoms with Gasteiger partial charge in [0.05, 0.1) is 12.7 Å². The summed E-state index contributed by atoms with van der Waals surface area (Å²) in [6.07, 6.45) is 7.65. The van der Waals surface area contributed by atoms with Crippen molar-refractivity contribution in [3.63, 3.8) is 0 Å². The van der Waals surface area contributed by atoms with Crippen molar-refractivity contribution in [2.45, 2.75) is 71.3 Å². The number of fused-ring (bicyclic) bond motifs is 3. The molecular formula is C26H28F4O. The molecule has 31 heavy (non-hydrogen) atoms. The topological polar surface area (TPSA) is 9.23 Å². The van der Waals surface area contributed by atoms with Gasteiger partial charge in [0, 0.05) is 16.7 Å². The molecule has 0 N–H and O–H groups in total. The lowest BCUT2D eigenvalue weighted by Gasteiger charge is -2.24. The number of hydrogen-bond acceptors (Lipinski definition) is 1. The average Bonchev–Trinajstić information content (AvgIpc) is 3.14. The Balaban J connectivity index is 1.65. The average molecular weight is 433 g/mol. The first-order valence-corrected chi connectivity index (χ1v) is 11.3. The Morgan fingerprint density at radius 3 is 2.19 bits per heavy atom. The van der Waals surface area contributed by atoms with E-state index in [2.05, 4.69) is 13.0 Å². The predicted octanol–water partition coefficient (Wildman–Crippen LogP) is 7.73. The summed E-state index contributed by atoms with van der Waals surface area (Å²) in [5.74, 6) is -4.20. The van der Waals surface area contributed by atoms with Crippen LogP contribution in [-0.2, 0) is 17.6 Å². The van der Waals surface area contributed by atoms with Crippen LogP contribution in [0.25, 0.3) is 11.1 Å². The fourth-order valence-corrected chi connectivity index (χ4v) is 4.75. The second kappa shape index (κ2) is 9.15. The summed E-state index contributed by atoms with van der Waals surface area (Å²) in [5.41, 5.74) is 2.33. The number of unbranched alkanes of at least 4 members (excludes halogenated alkanes) is 2. The molecule has 0 fully saturated rings. The highest BCUT2D eigenvalue weighted by Gasteiger charge is 2.33. The summed E-state index contributed by atoms with van der Waals surface area (Å²) in [7, 11) is 0. The van der Waals surface area contributed by atoms with Gasteiger partial charge in [0.2, 0.25) is 0 Å². The quantitative estimate of drug-likeness (QED) is 0.211. The van der Waals surface area contributed by atoms with E-state index in [9.17, 15) is 8.78 Å². The number of rotatable bonds is 7. The summed E-state index contributed by atoms with van der Waals surface area (Å²) < 4.78 is 65.3. The van der Waals surface area contributed by atoms with Gasteiger partial charge in [-0.2, -0.15) is 0 Å². The van der Waals surface area contributed by atoms with Crippen molar-refractivity contribution in [3.05, 3.63) is 69.3 Å². The summed E-state index contributed by atoms with van der Waals surface area (Å²) in [4.78, 5) is 0. The maximum absolute atomic E-state index is 15.1. The zero-order valence-corrected chi connectivity index (χ0v) is 18.1. The molecule has 1 unspecified atom stereocenters. The van der Waals surface area contributed by atoms with E-state index < -0.39 is 29.4 Å². The molecule has 0 saturated heterocycles. The zero-order valence-electron chi connectivity index (χ0n) is 18.1. The maximum Gasteiger partial charge on any atom is 0.167 e. The standard InChI is InChI=1S/C26H28F4O/c1-3-5-6-8-15-9-10-20(31-14-15)19-13-18-12-17-11-16(7-4-2)23(27)25(29)21(17)22(18)26(30)24(19)28/h9,11,13,20H,3-8,10,12,14H2,1-2H3. The van der Waals surface area contributed by atoms with E-state index in [0.717, 1.165) is 25.7 Å². The van der Waals surface area contributed by atoms with Crippen LogP contribution in [0.2, 0.25) is 0 Å². The molecule has 2 aliphatic rings. The monoisotopic (exact) mass is 432 g/mol. The smallest absolute Gasteiger partial charge is 0.167 e. The van der Waals surface area contributed by atoms with Gasteiger partial charge in [-0.05, 0) is 60.4 Å². The van der Waals surface area contributed by atoms with Crippen molar-refractivity contribution >= 4 is 0 Å². The molecule has 4 rings (SSSR count). The second-order valence-electron chi connectivity index (χ2n) is 8.61. The van der Waals surface area contributed by atoms with Crippen molar-refractivity contribution in [2.24, 2.45) is 0 Å². The van der Waals surface area contributed by atoms with Crippen molar-refractivity contribution in [3.8, 4) is 11.1 Å². The summed E-state index contributed by atoms with van der Waals surface area (Å²) in [5, 5.41) is 0. The van der Waals surface area contributed by atoms with E-state index in [1.54, 1.807) is 12.1 Å². The molecule has 0 amide bonds. The maximum atomic E-state index is 15.1. The molecule has 0 radical (unpaired) electrons. The zero-order chi connectivity index (χ0) is 22.1. The Kier molecular flexibility index (Phi) is 6.52. The molecule has 2 aromatic carbocycles. The van der Waals surface area contributed by atoms with E-state index in [0.29, 0.717) is 37.0 Å². The van der Waals surface area contributed by atoms with Crippen LogP contribution in [0.15, 0.2) is 23.8 Å². The lowest BCUT2D eigenvalue weighted by molar-refractivity contribution is 0.0567. The third-order valence-electron chi connectivity index (χ3n) is 6.37. The van der Waals surface area contributed by atoms with Crippen LogP contribution in [0.1, 0.15) is 80.7 Å². The molecule has 0 spiro atoms. The highest BCUT2D eigenvalue weighted by atomic mass is 19.2. The Bertz CT molecular complexity index is 1030. The van der Waals surface area contributed by atoms with Crippen molar-refractivity contribution < 1.29 is 22.3 Å². The van der Waals surface area contributed by atoms with Crippen LogP contribution >= 0.6 is 0 Å². The van der Waals surface area contributed by atoms with Gasteiger partial charge in [0.15, 0.2) is 23.3 Å². The predicted molar refractivity (Wildman–Crippen MR) is 114 cm³/mol. The molecule has 1 aliphatic heterocycles. The van der Waals surface area contributed by atoms with E-state index in [1.807, 2.05) is 6.92 Å². The van der Waals surface area contributed by atoms with Crippen molar-refractivity contribution in [1.29, 1.82) is 0 Å². The summed E-state index contributed by atoms with van der Waals surface area (Å²) in [6, 6.07) is 3.17. The van der Waals surface area contributed by atoms with Gasteiger partial charge in [-0.25, -0.2) is 17.6 Å². The van der Waals surface area contributed by atoms with Gasteiger partial charge in [-0.3, -0.25) is 0 Å². The van der Waals surface area contributed by atoms with Crippen LogP contribution in [0.5, 0.6) is 0 Å². The van der Waals surface area contributed by atoms with Crippen LogP contribution in [0.4, 0.5) is 17.6 Å². The van der Waals surface area contributed by atoms with Crippen molar-refractivity contribution in [2.75, 3.05) is 6.61 Å². The fourth-order valence-electron chi connectivity index (χ4n) is 4.75.